The van der Waals surface area contributed by atoms with Crippen LogP contribution >= 0.6 is 23.1 Å². The quantitative estimate of drug-likeness (QED) is 0.166. The fourth-order valence-electron chi connectivity index (χ4n) is 5.38. The van der Waals surface area contributed by atoms with E-state index in [1.165, 1.54) is 11.3 Å². The van der Waals surface area contributed by atoms with Gasteiger partial charge in [-0.2, -0.15) is 0 Å². The van der Waals surface area contributed by atoms with E-state index in [0.29, 0.717) is 37.7 Å². The van der Waals surface area contributed by atoms with Crippen LogP contribution in [0.5, 0.6) is 0 Å². The molecule has 0 saturated heterocycles. The third kappa shape index (κ3) is 5.70. The molecule has 0 saturated carbocycles. The Morgan fingerprint density at radius 3 is 2.49 bits per heavy atom. The Hall–Kier alpha value is -4.93. The summed E-state index contributed by atoms with van der Waals surface area (Å²) in [5, 5.41) is 9.54. The van der Waals surface area contributed by atoms with Crippen LogP contribution in [0.25, 0.3) is 23.1 Å². The topological polar surface area (TPSA) is 111 Å². The molecular formula is C35H28N2O6S2. The molecule has 45 heavy (non-hydrogen) atoms. The molecule has 0 radical (unpaired) electrons. The number of carbonyl (C=O) groups excluding carboxylic acids is 1. The number of nitrogens with zero attached hydrogens (tertiary/aromatic N) is 2. The summed E-state index contributed by atoms with van der Waals surface area (Å²) in [7, 11) is 0. The Balaban J connectivity index is 1.54. The number of fused-ring (bicyclic) bond motifs is 1. The largest absolute Gasteiger partial charge is 0.478 e. The zero-order valence-electron chi connectivity index (χ0n) is 24.6. The summed E-state index contributed by atoms with van der Waals surface area (Å²) in [5.41, 5.74) is 3.32. The monoisotopic (exact) mass is 636 g/mol. The number of aromatic carboxylic acids is 1. The van der Waals surface area contributed by atoms with Gasteiger partial charge in [-0.25, -0.2) is 14.6 Å². The summed E-state index contributed by atoms with van der Waals surface area (Å²) < 4.78 is 13.5. The van der Waals surface area contributed by atoms with E-state index >= 15 is 0 Å². The SMILES string of the molecule is CCOC(=O)C1=C(c2ccccc2)N=c2s/c(=C\c3ccc(-c4cccc(C(=O)O)c4C)o3)c(=O)n2[C@@H]1c1ccc(SC)cc1. The number of thioether (sulfide) groups is 1. The molecule has 0 unspecified atom stereocenters. The summed E-state index contributed by atoms with van der Waals surface area (Å²) in [5.74, 6) is -0.651. The van der Waals surface area contributed by atoms with E-state index in [9.17, 15) is 19.5 Å². The van der Waals surface area contributed by atoms with Gasteiger partial charge in [0.2, 0.25) is 0 Å². The normalized spacial score (nSPS) is 14.6. The van der Waals surface area contributed by atoms with Crippen molar-refractivity contribution in [3.63, 3.8) is 0 Å². The highest BCUT2D eigenvalue weighted by Crippen LogP contribution is 2.36. The Labute approximate surface area is 266 Å². The third-order valence-electron chi connectivity index (χ3n) is 7.54. The standard InChI is InChI=1S/C35H28N2O6S2/c1-4-42-34(41)29-30(21-9-6-5-7-10-21)36-35-37(31(29)22-13-16-24(44-3)17-14-22)32(38)28(45-35)19-23-15-18-27(43-23)25-11-8-12-26(20(25)2)33(39)40/h5-19,31H,4H2,1-3H3,(H,39,40)/b28-19-/t31-/m1/s1. The molecule has 5 aromatic rings. The zero-order chi connectivity index (χ0) is 31.7. The number of hydrogen-bond donors (Lipinski definition) is 1. The highest BCUT2D eigenvalue weighted by molar-refractivity contribution is 7.98. The number of benzene rings is 3. The van der Waals surface area contributed by atoms with Gasteiger partial charge in [0.1, 0.15) is 11.5 Å². The second kappa shape index (κ2) is 12.6. The molecule has 0 aliphatic carbocycles. The van der Waals surface area contributed by atoms with Crippen molar-refractivity contribution < 1.29 is 23.8 Å². The van der Waals surface area contributed by atoms with Crippen molar-refractivity contribution >= 4 is 46.8 Å². The first-order valence-corrected chi connectivity index (χ1v) is 16.2. The number of thiazole rings is 1. The Kier molecular flexibility index (Phi) is 8.42. The molecule has 3 heterocycles. The van der Waals surface area contributed by atoms with Crippen LogP contribution in [-0.2, 0) is 9.53 Å². The van der Waals surface area contributed by atoms with Crippen LogP contribution in [0.15, 0.2) is 110 Å². The lowest BCUT2D eigenvalue weighted by molar-refractivity contribution is -0.138. The van der Waals surface area contributed by atoms with Crippen molar-refractivity contribution in [1.82, 2.24) is 4.57 Å². The summed E-state index contributed by atoms with van der Waals surface area (Å²) >= 11 is 2.80. The van der Waals surface area contributed by atoms with Gasteiger partial charge in [-0.15, -0.1) is 11.8 Å². The van der Waals surface area contributed by atoms with Gasteiger partial charge in [-0.1, -0.05) is 65.9 Å². The second-order valence-corrected chi connectivity index (χ2v) is 12.1. The van der Waals surface area contributed by atoms with Gasteiger partial charge in [-0.05, 0) is 61.6 Å². The van der Waals surface area contributed by atoms with Crippen molar-refractivity contribution in [2.24, 2.45) is 4.99 Å². The molecule has 1 atom stereocenters. The molecule has 6 rings (SSSR count). The van der Waals surface area contributed by atoms with Crippen LogP contribution in [0.1, 0.15) is 45.8 Å². The number of hydrogen-bond acceptors (Lipinski definition) is 8. The van der Waals surface area contributed by atoms with Gasteiger partial charge in [0.05, 0.1) is 34.0 Å². The molecule has 10 heteroatoms. The predicted octanol–water partition coefficient (Wildman–Crippen LogP) is 5.92. The number of carboxylic acid groups (broad SMARTS) is 1. The van der Waals surface area contributed by atoms with Crippen molar-refractivity contribution in [1.29, 1.82) is 0 Å². The van der Waals surface area contributed by atoms with Gasteiger partial charge < -0.3 is 14.3 Å². The van der Waals surface area contributed by atoms with Crippen LogP contribution < -0.4 is 14.9 Å². The average molecular weight is 637 g/mol. The Bertz CT molecular complexity index is 2140. The van der Waals surface area contributed by atoms with Gasteiger partial charge in [0, 0.05) is 22.1 Å². The summed E-state index contributed by atoms with van der Waals surface area (Å²) in [4.78, 5) is 45.8. The number of carboxylic acids is 1. The fourth-order valence-corrected chi connectivity index (χ4v) is 6.77. The van der Waals surface area contributed by atoms with Crippen LogP contribution in [0.4, 0.5) is 0 Å². The van der Waals surface area contributed by atoms with E-state index in [-0.39, 0.29) is 23.3 Å². The Morgan fingerprint density at radius 1 is 1.04 bits per heavy atom. The van der Waals surface area contributed by atoms with Gasteiger partial charge >= 0.3 is 11.9 Å². The molecule has 1 aliphatic rings. The van der Waals surface area contributed by atoms with E-state index in [4.69, 9.17) is 14.1 Å². The van der Waals surface area contributed by atoms with Gasteiger partial charge in [0.25, 0.3) is 5.56 Å². The fraction of sp³-hybridized carbons (Fsp3) is 0.143. The Morgan fingerprint density at radius 2 is 1.80 bits per heavy atom. The van der Waals surface area contributed by atoms with Crippen molar-refractivity contribution in [2.45, 2.75) is 24.8 Å². The first kappa shape index (κ1) is 30.1. The molecule has 0 fully saturated rings. The van der Waals surface area contributed by atoms with Crippen LogP contribution in [0.2, 0.25) is 0 Å². The molecule has 1 N–H and O–H groups in total. The molecule has 8 nitrogen and oxygen atoms in total. The highest BCUT2D eigenvalue weighted by atomic mass is 32.2. The minimum absolute atomic E-state index is 0.169. The van der Waals surface area contributed by atoms with Crippen molar-refractivity contribution in [3.8, 4) is 11.3 Å². The number of aromatic nitrogens is 1. The van der Waals surface area contributed by atoms with Crippen LogP contribution in [0.3, 0.4) is 0 Å². The first-order valence-electron chi connectivity index (χ1n) is 14.2. The minimum atomic E-state index is -1.02. The number of ether oxygens (including phenoxy) is 1. The maximum absolute atomic E-state index is 14.1. The molecule has 1 aliphatic heterocycles. The van der Waals surface area contributed by atoms with Crippen LogP contribution in [-0.4, -0.2) is 34.5 Å². The molecule has 2 aromatic heterocycles. The second-order valence-electron chi connectivity index (χ2n) is 10.2. The smallest absolute Gasteiger partial charge is 0.338 e. The van der Waals surface area contributed by atoms with E-state index in [0.717, 1.165) is 16.0 Å². The number of furan rings is 1. The lowest BCUT2D eigenvalue weighted by Crippen LogP contribution is -2.40. The predicted molar refractivity (Wildman–Crippen MR) is 175 cm³/mol. The van der Waals surface area contributed by atoms with E-state index in [2.05, 4.69) is 0 Å². The highest BCUT2D eigenvalue weighted by Gasteiger charge is 2.35. The molecule has 226 valence electrons. The van der Waals surface area contributed by atoms with Crippen LogP contribution in [0, 0.1) is 6.92 Å². The molecule has 0 amide bonds. The van der Waals surface area contributed by atoms with Crippen molar-refractivity contribution in [2.75, 3.05) is 12.9 Å². The number of esters is 1. The lowest BCUT2D eigenvalue weighted by Gasteiger charge is -2.26. The van der Waals surface area contributed by atoms with Gasteiger partial charge in [-0.3, -0.25) is 9.36 Å². The molecule has 3 aromatic carbocycles. The summed E-state index contributed by atoms with van der Waals surface area (Å²) in [6.45, 7) is 3.65. The first-order chi connectivity index (χ1) is 21.8. The summed E-state index contributed by atoms with van der Waals surface area (Å²) in [6, 6.07) is 24.9. The van der Waals surface area contributed by atoms with Crippen molar-refractivity contribution in [3.05, 3.63) is 138 Å². The summed E-state index contributed by atoms with van der Waals surface area (Å²) in [6.07, 6.45) is 3.63. The number of rotatable bonds is 8. The minimum Gasteiger partial charge on any atom is -0.478 e. The van der Waals surface area contributed by atoms with E-state index < -0.39 is 18.0 Å². The molecule has 0 bridgehead atoms. The maximum atomic E-state index is 14.1. The van der Waals surface area contributed by atoms with Gasteiger partial charge in [0.15, 0.2) is 4.80 Å². The average Bonchev–Trinajstić information content (AvgIpc) is 3.64. The molecular weight excluding hydrogens is 609 g/mol. The third-order valence-corrected chi connectivity index (χ3v) is 9.26. The van der Waals surface area contributed by atoms with E-state index in [1.807, 2.05) is 60.9 Å². The lowest BCUT2D eigenvalue weighted by atomic mass is 9.93. The maximum Gasteiger partial charge on any atom is 0.338 e. The molecule has 0 spiro atoms. The number of carbonyl (C=O) groups is 2. The van der Waals surface area contributed by atoms with E-state index in [1.54, 1.807) is 66.6 Å². The zero-order valence-corrected chi connectivity index (χ0v) is 26.3.